The normalized spacial score (nSPS) is 14.4. The Labute approximate surface area is 243 Å². The topological polar surface area (TPSA) is 37.1 Å². The van der Waals surface area contributed by atoms with Crippen molar-refractivity contribution < 1.29 is 0 Å². The highest BCUT2D eigenvalue weighted by Gasteiger charge is 2.32. The number of para-hydroxylation sites is 3. The summed E-state index contributed by atoms with van der Waals surface area (Å²) < 4.78 is 0. The van der Waals surface area contributed by atoms with Crippen LogP contribution in [0.3, 0.4) is 0 Å². The van der Waals surface area contributed by atoms with Crippen molar-refractivity contribution in [3.63, 3.8) is 0 Å². The van der Waals surface area contributed by atoms with Gasteiger partial charge in [-0.2, -0.15) is 0 Å². The van der Waals surface area contributed by atoms with Gasteiger partial charge in [-0.1, -0.05) is 117 Å². The highest BCUT2D eigenvalue weighted by molar-refractivity contribution is 6.25. The molecule has 40 heavy (non-hydrogen) atoms. The summed E-state index contributed by atoms with van der Waals surface area (Å²) in [4.78, 5) is 16.0. The van der Waals surface area contributed by atoms with Crippen LogP contribution in [-0.4, -0.2) is 17.1 Å². The molecule has 0 saturated heterocycles. The largest absolute Gasteiger partial charge is 0.257 e. The van der Waals surface area contributed by atoms with Crippen molar-refractivity contribution in [3.8, 4) is 0 Å². The van der Waals surface area contributed by atoms with Crippen molar-refractivity contribution in [2.24, 2.45) is 26.3 Å². The van der Waals surface area contributed by atoms with Gasteiger partial charge in [0.1, 0.15) is 0 Å². The fraction of sp³-hybridized carbons (Fsp3) is 0.432. The van der Waals surface area contributed by atoms with Crippen LogP contribution in [0, 0.1) is 11.3 Å². The molecule has 0 aliphatic rings. The molecule has 0 spiro atoms. The lowest BCUT2D eigenvalue weighted by Gasteiger charge is -2.30. The molecular formula is C37H49N3. The van der Waals surface area contributed by atoms with Crippen LogP contribution in [0.2, 0.25) is 0 Å². The Bertz CT molecular complexity index is 1310. The highest BCUT2D eigenvalue weighted by Crippen LogP contribution is 2.35. The van der Waals surface area contributed by atoms with Crippen LogP contribution in [0.5, 0.6) is 0 Å². The van der Waals surface area contributed by atoms with Crippen LogP contribution in [0.1, 0.15) is 111 Å². The summed E-state index contributed by atoms with van der Waals surface area (Å²) in [5, 5.41) is 0. The van der Waals surface area contributed by atoms with Crippen molar-refractivity contribution >= 4 is 34.2 Å². The third kappa shape index (κ3) is 7.65. The predicted octanol–water partition coefficient (Wildman–Crippen LogP) is 11.4. The first-order valence-corrected chi connectivity index (χ1v) is 14.8. The minimum absolute atomic E-state index is 0.152. The number of rotatable bonds is 9. The molecule has 0 bridgehead atoms. The van der Waals surface area contributed by atoms with Gasteiger partial charge in [0.2, 0.25) is 0 Å². The maximum absolute atomic E-state index is 5.45. The molecule has 3 rings (SSSR count). The van der Waals surface area contributed by atoms with Gasteiger partial charge in [-0.25, -0.2) is 0 Å². The third-order valence-corrected chi connectivity index (χ3v) is 7.39. The molecule has 3 heteroatoms. The molecular weight excluding hydrogens is 486 g/mol. The van der Waals surface area contributed by atoms with Gasteiger partial charge in [-0.15, -0.1) is 0 Å². The minimum Gasteiger partial charge on any atom is -0.257 e. The van der Waals surface area contributed by atoms with Gasteiger partial charge >= 0.3 is 0 Å². The summed E-state index contributed by atoms with van der Waals surface area (Å²) in [5.41, 5.74) is 9.70. The van der Waals surface area contributed by atoms with E-state index >= 15 is 0 Å². The number of benzene rings is 3. The van der Waals surface area contributed by atoms with Crippen LogP contribution in [0.4, 0.5) is 17.1 Å². The lowest BCUT2D eigenvalue weighted by Crippen LogP contribution is -2.37. The smallest absolute Gasteiger partial charge is 0.0740 e. The Balaban J connectivity index is 2.33. The first-order chi connectivity index (χ1) is 18.8. The lowest BCUT2D eigenvalue weighted by molar-refractivity contribution is 0.577. The molecule has 212 valence electrons. The number of hydrogen-bond donors (Lipinski definition) is 0. The van der Waals surface area contributed by atoms with E-state index in [1.165, 1.54) is 16.7 Å². The average molecular weight is 536 g/mol. The molecule has 0 aliphatic carbocycles. The molecule has 3 aromatic carbocycles. The fourth-order valence-corrected chi connectivity index (χ4v) is 5.23. The first kappa shape index (κ1) is 31.2. The van der Waals surface area contributed by atoms with E-state index in [1.54, 1.807) is 0 Å². The summed E-state index contributed by atoms with van der Waals surface area (Å²) in [6, 6.07) is 25.5. The fourth-order valence-electron chi connectivity index (χ4n) is 5.23. The van der Waals surface area contributed by atoms with Gasteiger partial charge in [0, 0.05) is 22.6 Å². The van der Waals surface area contributed by atoms with Gasteiger partial charge in [0.05, 0.1) is 23.0 Å². The van der Waals surface area contributed by atoms with Crippen molar-refractivity contribution in [1.82, 2.24) is 0 Å². The van der Waals surface area contributed by atoms with Crippen LogP contribution >= 0.6 is 0 Å². The molecule has 0 saturated carbocycles. The maximum Gasteiger partial charge on any atom is 0.0740 e. The summed E-state index contributed by atoms with van der Waals surface area (Å²) in [7, 11) is 0. The summed E-state index contributed by atoms with van der Waals surface area (Å²) in [6.07, 6.45) is 0. The Morgan fingerprint density at radius 2 is 0.800 bits per heavy atom. The Morgan fingerprint density at radius 3 is 1.10 bits per heavy atom. The predicted molar refractivity (Wildman–Crippen MR) is 177 cm³/mol. The Morgan fingerprint density at radius 1 is 0.500 bits per heavy atom. The molecule has 3 aromatic rings. The molecule has 0 atom stereocenters. The van der Waals surface area contributed by atoms with Gasteiger partial charge in [-0.3, -0.25) is 15.0 Å². The summed E-state index contributed by atoms with van der Waals surface area (Å²) in [6.45, 7) is 24.4. The molecule has 0 fully saturated rings. The van der Waals surface area contributed by atoms with E-state index < -0.39 is 0 Å². The molecule has 0 aliphatic heterocycles. The molecule has 3 nitrogen and oxygen atoms in total. The maximum atomic E-state index is 5.45. The van der Waals surface area contributed by atoms with Gasteiger partial charge < -0.3 is 0 Å². The molecule has 0 amide bonds. The quantitative estimate of drug-likeness (QED) is 0.244. The monoisotopic (exact) mass is 535 g/mol. The van der Waals surface area contributed by atoms with E-state index in [1.807, 2.05) is 0 Å². The lowest BCUT2D eigenvalue weighted by atomic mass is 9.77. The van der Waals surface area contributed by atoms with E-state index in [0.29, 0.717) is 17.8 Å². The number of hydrogen-bond acceptors (Lipinski definition) is 3. The molecule has 0 unspecified atom stereocenters. The van der Waals surface area contributed by atoms with Crippen molar-refractivity contribution in [1.29, 1.82) is 0 Å². The van der Waals surface area contributed by atoms with Crippen LogP contribution in [0.25, 0.3) is 0 Å². The van der Waals surface area contributed by atoms with Crippen molar-refractivity contribution in [3.05, 3.63) is 89.5 Å². The second kappa shape index (κ2) is 13.4. The molecule has 0 aromatic heterocycles. The zero-order valence-corrected chi connectivity index (χ0v) is 26.6. The third-order valence-electron chi connectivity index (χ3n) is 7.39. The van der Waals surface area contributed by atoms with Gasteiger partial charge in [0.25, 0.3) is 0 Å². The van der Waals surface area contributed by atoms with Gasteiger partial charge in [-0.05, 0) is 66.5 Å². The second-order valence-corrected chi connectivity index (χ2v) is 12.8. The molecule has 0 heterocycles. The first-order valence-electron chi connectivity index (χ1n) is 14.8. The van der Waals surface area contributed by atoms with Crippen LogP contribution in [0.15, 0.2) is 87.8 Å². The molecule has 0 N–H and O–H groups in total. The van der Waals surface area contributed by atoms with Crippen LogP contribution in [-0.2, 0) is 0 Å². The average Bonchev–Trinajstić information content (AvgIpc) is 2.88. The zero-order chi connectivity index (χ0) is 29.6. The summed E-state index contributed by atoms with van der Waals surface area (Å²) in [5.74, 6) is 0.987. The zero-order valence-electron chi connectivity index (χ0n) is 26.6. The van der Waals surface area contributed by atoms with Crippen LogP contribution < -0.4 is 0 Å². The Kier molecular flexibility index (Phi) is 10.4. The standard InChI is InChI=1S/C37H49N3/c1-24(2)29-18-12-15-21-32(29)38-27(7)35(28(8)39-33-22-16-13-19-30(33)25(3)4)36(37(9,10)11)40-34-23-17-14-20-31(34)26(5)6/h12-26,35H,1-11H3. The SMILES string of the molecule is CC(=Nc1ccccc1C(C)C)C(C(C)=Nc1ccccc1C(C)C)C(=Nc1ccccc1C(C)C)C(C)(C)C. The number of aliphatic imine (C=N–C) groups is 3. The van der Waals surface area contributed by atoms with Gasteiger partial charge in [0.15, 0.2) is 0 Å². The van der Waals surface area contributed by atoms with E-state index in [9.17, 15) is 0 Å². The molecule has 0 radical (unpaired) electrons. The minimum atomic E-state index is -0.211. The van der Waals surface area contributed by atoms with E-state index in [2.05, 4.69) is 149 Å². The van der Waals surface area contributed by atoms with E-state index in [4.69, 9.17) is 15.0 Å². The van der Waals surface area contributed by atoms with E-state index in [-0.39, 0.29) is 11.3 Å². The van der Waals surface area contributed by atoms with Crippen molar-refractivity contribution in [2.75, 3.05) is 0 Å². The van der Waals surface area contributed by atoms with Crippen molar-refractivity contribution in [2.45, 2.75) is 93.9 Å². The highest BCUT2D eigenvalue weighted by atomic mass is 14.8. The summed E-state index contributed by atoms with van der Waals surface area (Å²) >= 11 is 0. The second-order valence-electron chi connectivity index (χ2n) is 12.8. The Hall–Kier alpha value is -3.33. The number of nitrogens with zero attached hydrogens (tertiary/aromatic N) is 3. The van der Waals surface area contributed by atoms with E-state index in [0.717, 1.165) is 34.2 Å².